The summed E-state index contributed by atoms with van der Waals surface area (Å²) < 4.78 is 0. The van der Waals surface area contributed by atoms with Gasteiger partial charge in [0.2, 0.25) is 0 Å². The second kappa shape index (κ2) is 6.53. The molecular formula is C14H18N2O5. The van der Waals surface area contributed by atoms with Crippen LogP contribution in [-0.4, -0.2) is 34.3 Å². The van der Waals surface area contributed by atoms with Gasteiger partial charge >= 0.3 is 5.97 Å². The van der Waals surface area contributed by atoms with Crippen molar-refractivity contribution in [3.05, 3.63) is 33.9 Å². The minimum Gasteiger partial charge on any atom is -0.478 e. The summed E-state index contributed by atoms with van der Waals surface area (Å²) >= 11 is 0. The molecule has 2 rings (SSSR count). The maximum absolute atomic E-state index is 11.0. The molecule has 1 aliphatic carbocycles. The van der Waals surface area contributed by atoms with Gasteiger partial charge in [-0.1, -0.05) is 6.42 Å². The van der Waals surface area contributed by atoms with E-state index >= 15 is 0 Å². The molecular weight excluding hydrogens is 276 g/mol. The number of carboxylic acids is 1. The van der Waals surface area contributed by atoms with Gasteiger partial charge in [0, 0.05) is 19.2 Å². The zero-order chi connectivity index (χ0) is 15.4. The molecule has 1 aromatic rings. The number of nitrogens with zero attached hydrogens (tertiary/aromatic N) is 1. The Morgan fingerprint density at radius 3 is 2.71 bits per heavy atom. The highest BCUT2D eigenvalue weighted by molar-refractivity contribution is 5.89. The summed E-state index contributed by atoms with van der Waals surface area (Å²) in [6, 6.07) is 3.82. The number of nitro groups is 1. The van der Waals surface area contributed by atoms with Crippen LogP contribution < -0.4 is 5.32 Å². The fourth-order valence-electron chi connectivity index (χ4n) is 2.83. The number of aromatic carboxylic acids is 1. The van der Waals surface area contributed by atoms with Gasteiger partial charge in [0.1, 0.15) is 5.69 Å². The van der Waals surface area contributed by atoms with Gasteiger partial charge < -0.3 is 15.5 Å². The standard InChI is InChI=1S/C14H18N2O5/c17-8-11-3-1-2-10(11)7-15-12-5-4-9(14(18)19)6-13(12)16(20)21/h4-6,10-11,15,17H,1-3,7-8H2,(H,18,19). The molecule has 0 aromatic heterocycles. The molecule has 21 heavy (non-hydrogen) atoms. The number of aliphatic hydroxyl groups is 1. The molecule has 0 aliphatic heterocycles. The van der Waals surface area contributed by atoms with Gasteiger partial charge in [-0.05, 0) is 36.8 Å². The number of hydrogen-bond donors (Lipinski definition) is 3. The number of carbonyl (C=O) groups is 1. The van der Waals surface area contributed by atoms with Crippen molar-refractivity contribution in [2.75, 3.05) is 18.5 Å². The van der Waals surface area contributed by atoms with Crippen molar-refractivity contribution in [3.63, 3.8) is 0 Å². The second-order valence-corrected chi connectivity index (χ2v) is 5.31. The Labute approximate surface area is 121 Å². The SMILES string of the molecule is O=C(O)c1ccc(NCC2CCCC2CO)c([N+](=O)[O-])c1. The largest absolute Gasteiger partial charge is 0.478 e. The van der Waals surface area contributed by atoms with Gasteiger partial charge in [-0.25, -0.2) is 4.79 Å². The molecule has 7 nitrogen and oxygen atoms in total. The summed E-state index contributed by atoms with van der Waals surface area (Å²) in [5.41, 5.74) is -0.0385. The molecule has 1 aliphatic rings. The lowest BCUT2D eigenvalue weighted by Gasteiger charge is -2.18. The van der Waals surface area contributed by atoms with Crippen LogP contribution >= 0.6 is 0 Å². The molecule has 114 valence electrons. The van der Waals surface area contributed by atoms with Crippen molar-refractivity contribution in [1.82, 2.24) is 0 Å². The first-order chi connectivity index (χ1) is 10.0. The van der Waals surface area contributed by atoms with Gasteiger partial charge in [-0.15, -0.1) is 0 Å². The molecule has 0 saturated heterocycles. The van der Waals surface area contributed by atoms with Crippen LogP contribution in [0, 0.1) is 22.0 Å². The van der Waals surface area contributed by atoms with Gasteiger partial charge in [0.15, 0.2) is 0 Å². The molecule has 0 spiro atoms. The third kappa shape index (κ3) is 3.49. The van der Waals surface area contributed by atoms with E-state index in [1.807, 2.05) is 0 Å². The van der Waals surface area contributed by atoms with Crippen LogP contribution in [0.15, 0.2) is 18.2 Å². The average molecular weight is 294 g/mol. The second-order valence-electron chi connectivity index (χ2n) is 5.31. The summed E-state index contributed by atoms with van der Waals surface area (Å²) in [5, 5.41) is 32.2. The summed E-state index contributed by atoms with van der Waals surface area (Å²) in [4.78, 5) is 21.3. The lowest BCUT2D eigenvalue weighted by molar-refractivity contribution is -0.384. The van der Waals surface area contributed by atoms with Gasteiger partial charge in [0.05, 0.1) is 10.5 Å². The van der Waals surface area contributed by atoms with E-state index in [1.165, 1.54) is 12.1 Å². The third-order valence-electron chi connectivity index (χ3n) is 4.05. The Bertz CT molecular complexity index is 546. The lowest BCUT2D eigenvalue weighted by Crippen LogP contribution is -2.21. The normalized spacial score (nSPS) is 21.2. The van der Waals surface area contributed by atoms with E-state index in [4.69, 9.17) is 5.11 Å². The molecule has 2 unspecified atom stereocenters. The zero-order valence-electron chi connectivity index (χ0n) is 11.5. The summed E-state index contributed by atoms with van der Waals surface area (Å²) in [6.07, 6.45) is 3.01. The summed E-state index contributed by atoms with van der Waals surface area (Å²) in [6.45, 7) is 0.672. The topological polar surface area (TPSA) is 113 Å². The number of hydrogen-bond acceptors (Lipinski definition) is 5. The zero-order valence-corrected chi connectivity index (χ0v) is 11.5. The molecule has 1 fully saturated rings. The van der Waals surface area contributed by atoms with Crippen LogP contribution in [0.1, 0.15) is 29.6 Å². The lowest BCUT2D eigenvalue weighted by atomic mass is 9.97. The first-order valence-electron chi connectivity index (χ1n) is 6.89. The number of nitro benzene ring substituents is 1. The summed E-state index contributed by atoms with van der Waals surface area (Å²) in [7, 11) is 0. The van der Waals surface area contributed by atoms with Crippen LogP contribution in [0.2, 0.25) is 0 Å². The van der Waals surface area contributed by atoms with Gasteiger partial charge in [-0.3, -0.25) is 10.1 Å². The van der Waals surface area contributed by atoms with Crippen LogP contribution in [-0.2, 0) is 0 Å². The monoisotopic (exact) mass is 294 g/mol. The number of aliphatic hydroxyl groups excluding tert-OH is 1. The maximum atomic E-state index is 11.0. The Kier molecular flexibility index (Phi) is 4.74. The minimum atomic E-state index is -1.19. The molecule has 3 N–H and O–H groups in total. The summed E-state index contributed by atoms with van der Waals surface area (Å²) in [5.74, 6) is -0.676. The van der Waals surface area contributed by atoms with Crippen molar-refractivity contribution < 1.29 is 19.9 Å². The van der Waals surface area contributed by atoms with Crippen molar-refractivity contribution in [3.8, 4) is 0 Å². The molecule has 0 bridgehead atoms. The number of rotatable bonds is 6. The van der Waals surface area contributed by atoms with Crippen molar-refractivity contribution >= 4 is 17.3 Å². The van der Waals surface area contributed by atoms with Crippen LogP contribution in [0.5, 0.6) is 0 Å². The van der Waals surface area contributed by atoms with Crippen molar-refractivity contribution in [2.24, 2.45) is 11.8 Å². The number of benzene rings is 1. The number of nitrogens with one attached hydrogen (secondary N) is 1. The van der Waals surface area contributed by atoms with E-state index < -0.39 is 10.9 Å². The van der Waals surface area contributed by atoms with E-state index in [0.29, 0.717) is 12.2 Å². The fraction of sp³-hybridized carbons (Fsp3) is 0.500. The molecule has 1 aromatic carbocycles. The molecule has 7 heteroatoms. The van der Waals surface area contributed by atoms with Crippen molar-refractivity contribution in [1.29, 1.82) is 0 Å². The highest BCUT2D eigenvalue weighted by Crippen LogP contribution is 2.33. The van der Waals surface area contributed by atoms with E-state index in [-0.39, 0.29) is 29.7 Å². The highest BCUT2D eigenvalue weighted by atomic mass is 16.6. The predicted octanol–water partition coefficient (Wildman–Crippen LogP) is 2.11. The molecule has 0 heterocycles. The first-order valence-corrected chi connectivity index (χ1v) is 6.89. The van der Waals surface area contributed by atoms with Crippen molar-refractivity contribution in [2.45, 2.75) is 19.3 Å². The van der Waals surface area contributed by atoms with Crippen LogP contribution in [0.25, 0.3) is 0 Å². The third-order valence-corrected chi connectivity index (χ3v) is 4.05. The highest BCUT2D eigenvalue weighted by Gasteiger charge is 2.27. The molecule has 2 atom stereocenters. The smallest absolute Gasteiger partial charge is 0.335 e. The van der Waals surface area contributed by atoms with Gasteiger partial charge in [0.25, 0.3) is 5.69 Å². The fourth-order valence-corrected chi connectivity index (χ4v) is 2.83. The molecule has 1 saturated carbocycles. The van der Waals surface area contributed by atoms with E-state index in [1.54, 1.807) is 0 Å². The molecule has 0 radical (unpaired) electrons. The van der Waals surface area contributed by atoms with Gasteiger partial charge in [-0.2, -0.15) is 0 Å². The van der Waals surface area contributed by atoms with Crippen LogP contribution in [0.4, 0.5) is 11.4 Å². The van der Waals surface area contributed by atoms with E-state index in [9.17, 15) is 20.0 Å². The quantitative estimate of drug-likeness (QED) is 0.547. The number of anilines is 1. The molecule has 0 amide bonds. The Balaban J connectivity index is 2.12. The average Bonchev–Trinajstić information content (AvgIpc) is 2.92. The Morgan fingerprint density at radius 2 is 2.10 bits per heavy atom. The predicted molar refractivity (Wildman–Crippen MR) is 76.5 cm³/mol. The van der Waals surface area contributed by atoms with Crippen LogP contribution in [0.3, 0.4) is 0 Å². The Morgan fingerprint density at radius 1 is 1.38 bits per heavy atom. The Hall–Kier alpha value is -2.15. The van der Waals surface area contributed by atoms with E-state index in [2.05, 4.69) is 5.32 Å². The maximum Gasteiger partial charge on any atom is 0.335 e. The first kappa shape index (κ1) is 15.2. The minimum absolute atomic E-state index is 0.110. The van der Waals surface area contributed by atoms with E-state index in [0.717, 1.165) is 25.3 Å². The number of carboxylic acid groups (broad SMARTS) is 1.